The molecule has 0 heterocycles. The fourth-order valence-electron chi connectivity index (χ4n) is 1.84. The number of anilines is 1. The second kappa shape index (κ2) is 5.67. The maximum atomic E-state index is 12.0. The highest BCUT2D eigenvalue weighted by atomic mass is 16.5. The Labute approximate surface area is 106 Å². The molecule has 18 heavy (non-hydrogen) atoms. The zero-order chi connectivity index (χ0) is 13.0. The molecule has 1 aromatic carbocycles. The first-order valence-corrected chi connectivity index (χ1v) is 6.11. The van der Waals surface area contributed by atoms with Crippen LogP contribution in [0.2, 0.25) is 0 Å². The number of hydrogen-bond donors (Lipinski definition) is 1. The highest BCUT2D eigenvalue weighted by molar-refractivity contribution is 5.96. The molecule has 1 aliphatic rings. The summed E-state index contributed by atoms with van der Waals surface area (Å²) < 4.78 is 5.40. The fourth-order valence-corrected chi connectivity index (χ4v) is 1.84. The average molecular weight is 246 g/mol. The molecule has 2 rings (SSSR count). The molecule has 1 N–H and O–H groups in total. The Balaban J connectivity index is 2.05. The van der Waals surface area contributed by atoms with Crippen molar-refractivity contribution in [3.63, 3.8) is 0 Å². The summed E-state index contributed by atoms with van der Waals surface area (Å²) in [6.07, 6.45) is 3.97. The summed E-state index contributed by atoms with van der Waals surface area (Å²) in [5.74, 6) is 0.167. The summed E-state index contributed by atoms with van der Waals surface area (Å²) in [7, 11) is 0. The Morgan fingerprint density at radius 1 is 1.50 bits per heavy atom. The molecule has 4 heteroatoms. The van der Waals surface area contributed by atoms with E-state index in [1.165, 1.54) is 0 Å². The van der Waals surface area contributed by atoms with Crippen molar-refractivity contribution in [2.45, 2.75) is 25.9 Å². The van der Waals surface area contributed by atoms with Crippen molar-refractivity contribution in [1.29, 1.82) is 0 Å². The van der Waals surface area contributed by atoms with E-state index in [2.05, 4.69) is 5.32 Å². The van der Waals surface area contributed by atoms with Gasteiger partial charge in [0.05, 0.1) is 12.1 Å². The van der Waals surface area contributed by atoms with Gasteiger partial charge in [-0.1, -0.05) is 12.1 Å². The van der Waals surface area contributed by atoms with Crippen LogP contribution in [0.5, 0.6) is 0 Å². The number of esters is 1. The van der Waals surface area contributed by atoms with E-state index in [1.54, 1.807) is 30.6 Å². The van der Waals surface area contributed by atoms with Crippen LogP contribution in [-0.2, 0) is 9.53 Å². The van der Waals surface area contributed by atoms with Gasteiger partial charge in [0.15, 0.2) is 0 Å². The molecule has 1 unspecified atom stereocenters. The first-order chi connectivity index (χ1) is 8.72. The van der Waals surface area contributed by atoms with Crippen LogP contribution in [0.1, 0.15) is 30.1 Å². The number of nitrogens with one attached hydrogen (secondary N) is 1. The second-order valence-electron chi connectivity index (χ2n) is 4.49. The van der Waals surface area contributed by atoms with Crippen LogP contribution in [0.4, 0.5) is 5.69 Å². The Morgan fingerprint density at radius 3 is 2.89 bits per heavy atom. The first kappa shape index (κ1) is 12.6. The maximum absolute atomic E-state index is 12.0. The van der Waals surface area contributed by atoms with Crippen LogP contribution < -0.4 is 5.32 Å². The van der Waals surface area contributed by atoms with E-state index in [1.807, 2.05) is 6.92 Å². The molecule has 4 nitrogen and oxygen atoms in total. The smallest absolute Gasteiger partial charge is 0.340 e. The summed E-state index contributed by atoms with van der Waals surface area (Å²) >= 11 is 0. The number of ether oxygens (including phenoxy) is 1. The third-order valence-electron chi connectivity index (χ3n) is 3.08. The minimum absolute atomic E-state index is 0.0387. The van der Waals surface area contributed by atoms with E-state index in [4.69, 9.17) is 4.74 Å². The molecule has 0 amide bonds. The maximum Gasteiger partial charge on any atom is 0.340 e. The lowest BCUT2D eigenvalue weighted by atomic mass is 10.1. The average Bonchev–Trinajstić information content (AvgIpc) is 3.20. The molecule has 0 spiro atoms. The Hall–Kier alpha value is -1.84. The molecule has 95 valence electrons. The predicted molar refractivity (Wildman–Crippen MR) is 68.2 cm³/mol. The van der Waals surface area contributed by atoms with Gasteiger partial charge in [0.1, 0.15) is 6.10 Å². The van der Waals surface area contributed by atoms with E-state index in [-0.39, 0.29) is 18.6 Å². The van der Waals surface area contributed by atoms with Crippen LogP contribution in [0, 0.1) is 5.92 Å². The molecule has 1 saturated carbocycles. The number of para-hydroxylation sites is 1. The topological polar surface area (TPSA) is 55.4 Å². The third kappa shape index (κ3) is 3.09. The SMILES string of the molecule is CC(OC(=O)c1ccccc1NC[C]=O)C1CC1. The van der Waals surface area contributed by atoms with Crippen LogP contribution in [0.25, 0.3) is 0 Å². The van der Waals surface area contributed by atoms with Crippen molar-refractivity contribution in [1.82, 2.24) is 0 Å². The number of carbonyl (C=O) groups excluding carboxylic acids is 2. The number of benzene rings is 1. The van der Waals surface area contributed by atoms with Crippen LogP contribution in [0.15, 0.2) is 24.3 Å². The highest BCUT2D eigenvalue weighted by Gasteiger charge is 2.31. The minimum atomic E-state index is -0.344. The molecule has 1 radical (unpaired) electrons. The van der Waals surface area contributed by atoms with Gasteiger partial charge >= 0.3 is 5.97 Å². The lowest BCUT2D eigenvalue weighted by Crippen LogP contribution is -2.18. The van der Waals surface area contributed by atoms with Crippen molar-refractivity contribution in [2.24, 2.45) is 5.92 Å². The summed E-state index contributed by atoms with van der Waals surface area (Å²) in [5.41, 5.74) is 1.06. The fraction of sp³-hybridized carbons (Fsp3) is 0.429. The van der Waals surface area contributed by atoms with Crippen molar-refractivity contribution in [3.8, 4) is 0 Å². The van der Waals surface area contributed by atoms with Crippen molar-refractivity contribution >= 4 is 17.9 Å². The molecule has 1 atom stereocenters. The Bertz CT molecular complexity index is 440. The summed E-state index contributed by atoms with van der Waals surface area (Å²) in [6, 6.07) is 7.01. The normalized spacial score (nSPS) is 15.8. The van der Waals surface area contributed by atoms with E-state index >= 15 is 0 Å². The van der Waals surface area contributed by atoms with Gasteiger partial charge < -0.3 is 10.1 Å². The van der Waals surface area contributed by atoms with Gasteiger partial charge in [0, 0.05) is 5.69 Å². The molecule has 0 aromatic heterocycles. The zero-order valence-corrected chi connectivity index (χ0v) is 10.3. The number of hydrogen-bond acceptors (Lipinski definition) is 4. The molecule has 0 aliphatic heterocycles. The predicted octanol–water partition coefficient (Wildman–Crippen LogP) is 2.16. The van der Waals surface area contributed by atoms with Crippen molar-refractivity contribution < 1.29 is 14.3 Å². The minimum Gasteiger partial charge on any atom is -0.459 e. The van der Waals surface area contributed by atoms with E-state index < -0.39 is 0 Å². The van der Waals surface area contributed by atoms with Gasteiger partial charge in [-0.25, -0.2) is 4.79 Å². The summed E-state index contributed by atoms with van der Waals surface area (Å²) in [6.45, 7) is 1.98. The molecule has 1 fully saturated rings. The lowest BCUT2D eigenvalue weighted by Gasteiger charge is -2.14. The van der Waals surface area contributed by atoms with Crippen LogP contribution in [-0.4, -0.2) is 24.9 Å². The van der Waals surface area contributed by atoms with Gasteiger partial charge in [0.2, 0.25) is 6.29 Å². The second-order valence-corrected chi connectivity index (χ2v) is 4.49. The number of carbonyl (C=O) groups is 1. The Morgan fingerprint density at radius 2 is 2.22 bits per heavy atom. The monoisotopic (exact) mass is 246 g/mol. The van der Waals surface area contributed by atoms with Gasteiger partial charge in [0.25, 0.3) is 0 Å². The summed E-state index contributed by atoms with van der Waals surface area (Å²) in [4.78, 5) is 22.2. The molecule has 1 aliphatic carbocycles. The number of rotatable bonds is 6. The van der Waals surface area contributed by atoms with E-state index in [9.17, 15) is 9.59 Å². The molecule has 1 aromatic rings. The molecular weight excluding hydrogens is 230 g/mol. The largest absolute Gasteiger partial charge is 0.459 e. The Kier molecular flexibility index (Phi) is 3.97. The lowest BCUT2D eigenvalue weighted by molar-refractivity contribution is 0.0296. The van der Waals surface area contributed by atoms with Crippen LogP contribution in [0.3, 0.4) is 0 Å². The van der Waals surface area contributed by atoms with E-state index in [0.29, 0.717) is 17.2 Å². The standard InChI is InChI=1S/C14H16NO3/c1-10(11-6-7-11)18-14(17)12-4-2-3-5-13(12)15-8-9-16/h2-5,10-11,15H,6-8H2,1H3. The van der Waals surface area contributed by atoms with Crippen molar-refractivity contribution in [3.05, 3.63) is 29.8 Å². The van der Waals surface area contributed by atoms with Gasteiger partial charge in [-0.15, -0.1) is 0 Å². The van der Waals surface area contributed by atoms with Gasteiger partial charge in [-0.2, -0.15) is 0 Å². The van der Waals surface area contributed by atoms with Gasteiger partial charge in [-0.05, 0) is 37.8 Å². The van der Waals surface area contributed by atoms with Crippen LogP contribution >= 0.6 is 0 Å². The highest BCUT2D eigenvalue weighted by Crippen LogP contribution is 2.34. The molecular formula is C14H16NO3. The summed E-state index contributed by atoms with van der Waals surface area (Å²) in [5, 5.41) is 2.84. The van der Waals surface area contributed by atoms with Crippen molar-refractivity contribution in [2.75, 3.05) is 11.9 Å². The quantitative estimate of drug-likeness (QED) is 0.781. The first-order valence-electron chi connectivity index (χ1n) is 6.11. The zero-order valence-electron chi connectivity index (χ0n) is 10.3. The molecule has 0 bridgehead atoms. The molecule has 0 saturated heterocycles. The third-order valence-corrected chi connectivity index (χ3v) is 3.08. The van der Waals surface area contributed by atoms with E-state index in [0.717, 1.165) is 12.8 Å². The van der Waals surface area contributed by atoms with Gasteiger partial charge in [-0.3, -0.25) is 4.79 Å².